The van der Waals surface area contributed by atoms with E-state index in [9.17, 15) is 0 Å². The zero-order valence-corrected chi connectivity index (χ0v) is 11.9. The van der Waals surface area contributed by atoms with Crippen LogP contribution in [0.2, 0.25) is 10.2 Å². The molecule has 0 N–H and O–H groups in total. The van der Waals surface area contributed by atoms with Crippen molar-refractivity contribution in [3.05, 3.63) is 22.4 Å². The molecule has 1 saturated heterocycles. The first kappa shape index (κ1) is 14.8. The smallest absolute Gasteiger partial charge is 0.147 e. The molecule has 0 spiro atoms. The molecule has 3 nitrogen and oxygen atoms in total. The van der Waals surface area contributed by atoms with Gasteiger partial charge in [0.1, 0.15) is 17.5 Å². The van der Waals surface area contributed by atoms with Crippen LogP contribution >= 0.6 is 35.6 Å². The van der Waals surface area contributed by atoms with Crippen molar-refractivity contribution in [2.75, 3.05) is 20.2 Å². The van der Waals surface area contributed by atoms with Gasteiger partial charge in [-0.15, -0.1) is 12.4 Å². The zero-order valence-electron chi connectivity index (χ0n) is 9.53. The predicted octanol–water partition coefficient (Wildman–Crippen LogP) is 3.28. The van der Waals surface area contributed by atoms with Gasteiger partial charge in [-0.2, -0.15) is 0 Å². The van der Waals surface area contributed by atoms with E-state index < -0.39 is 0 Å². The highest BCUT2D eigenvalue weighted by molar-refractivity contribution is 6.41. The number of rotatable bonds is 3. The third-order valence-electron chi connectivity index (χ3n) is 2.89. The second-order valence-corrected chi connectivity index (χ2v) is 4.80. The van der Waals surface area contributed by atoms with E-state index in [4.69, 9.17) is 27.9 Å². The highest BCUT2D eigenvalue weighted by Gasteiger charge is 2.21. The van der Waals surface area contributed by atoms with Gasteiger partial charge in [-0.05, 0) is 26.4 Å². The Kier molecular flexibility index (Phi) is 5.80. The number of likely N-dealkylation sites (N-methyl/N-ethyl adjacent to an activating group) is 1. The monoisotopic (exact) mass is 296 g/mol. The molecule has 17 heavy (non-hydrogen) atoms. The minimum atomic E-state index is 0. The Morgan fingerprint density at radius 3 is 2.88 bits per heavy atom. The maximum absolute atomic E-state index is 5.85. The van der Waals surface area contributed by atoms with E-state index in [0.29, 0.717) is 28.6 Å². The Hall–Kier alpha value is -0.220. The molecule has 0 saturated carbocycles. The molecule has 1 aromatic rings. The van der Waals surface area contributed by atoms with Crippen LogP contribution in [0.15, 0.2) is 12.3 Å². The molecule has 2 rings (SSSR count). The summed E-state index contributed by atoms with van der Waals surface area (Å²) in [6.07, 6.45) is 4.03. The summed E-state index contributed by atoms with van der Waals surface area (Å²) in [6.45, 7) is 1.82. The normalized spacial score (nSPS) is 20.1. The highest BCUT2D eigenvalue weighted by Crippen LogP contribution is 2.24. The number of ether oxygens (including phenoxy) is 1. The van der Waals surface area contributed by atoms with Crippen LogP contribution in [0.3, 0.4) is 0 Å². The molecule has 0 unspecified atom stereocenters. The van der Waals surface area contributed by atoms with E-state index in [0.717, 1.165) is 6.54 Å². The van der Waals surface area contributed by atoms with Crippen LogP contribution in [0, 0.1) is 0 Å². The van der Waals surface area contributed by atoms with Crippen molar-refractivity contribution in [3.8, 4) is 5.75 Å². The van der Waals surface area contributed by atoms with Gasteiger partial charge in [0, 0.05) is 12.1 Å². The van der Waals surface area contributed by atoms with Gasteiger partial charge in [-0.3, -0.25) is 0 Å². The van der Waals surface area contributed by atoms with Gasteiger partial charge >= 0.3 is 0 Å². The summed E-state index contributed by atoms with van der Waals surface area (Å²) in [5.41, 5.74) is 0. The fourth-order valence-electron chi connectivity index (χ4n) is 1.86. The van der Waals surface area contributed by atoms with E-state index in [1.807, 2.05) is 0 Å². The van der Waals surface area contributed by atoms with E-state index in [1.54, 1.807) is 12.3 Å². The zero-order chi connectivity index (χ0) is 11.5. The minimum Gasteiger partial charge on any atom is -0.490 e. The Morgan fingerprint density at radius 2 is 2.29 bits per heavy atom. The molecule has 1 atom stereocenters. The third-order valence-corrected chi connectivity index (χ3v) is 3.57. The molecule has 0 aliphatic carbocycles. The van der Waals surface area contributed by atoms with Crippen LogP contribution in [-0.2, 0) is 0 Å². The largest absolute Gasteiger partial charge is 0.490 e. The topological polar surface area (TPSA) is 25.4 Å². The number of nitrogens with zero attached hydrogens (tertiary/aromatic N) is 2. The second kappa shape index (κ2) is 6.64. The van der Waals surface area contributed by atoms with Gasteiger partial charge in [0.15, 0.2) is 0 Å². The van der Waals surface area contributed by atoms with Gasteiger partial charge in [0.05, 0.1) is 11.2 Å². The number of halogens is 3. The summed E-state index contributed by atoms with van der Waals surface area (Å²) in [7, 11) is 2.12. The van der Waals surface area contributed by atoms with Gasteiger partial charge < -0.3 is 9.64 Å². The highest BCUT2D eigenvalue weighted by atomic mass is 35.5. The van der Waals surface area contributed by atoms with Gasteiger partial charge in [0.25, 0.3) is 0 Å². The second-order valence-electron chi connectivity index (χ2n) is 4.03. The lowest BCUT2D eigenvalue weighted by atomic mass is 10.2. The average molecular weight is 298 g/mol. The fourth-order valence-corrected chi connectivity index (χ4v) is 2.12. The number of likely N-dealkylation sites (tertiary alicyclic amines) is 1. The maximum atomic E-state index is 5.85. The van der Waals surface area contributed by atoms with E-state index in [2.05, 4.69) is 16.9 Å². The number of aromatic nitrogens is 1. The molecular weight excluding hydrogens is 282 g/mol. The van der Waals surface area contributed by atoms with Crippen LogP contribution in [0.5, 0.6) is 5.75 Å². The Morgan fingerprint density at radius 1 is 1.53 bits per heavy atom. The van der Waals surface area contributed by atoms with Gasteiger partial charge in [-0.25, -0.2) is 4.98 Å². The lowest BCUT2D eigenvalue weighted by Crippen LogP contribution is -2.30. The van der Waals surface area contributed by atoms with E-state index in [1.165, 1.54) is 12.8 Å². The molecule has 0 amide bonds. The summed E-state index contributed by atoms with van der Waals surface area (Å²) in [6, 6.07) is 2.20. The van der Waals surface area contributed by atoms with Crippen molar-refractivity contribution >= 4 is 35.6 Å². The van der Waals surface area contributed by atoms with Crippen LogP contribution in [0.25, 0.3) is 0 Å². The standard InChI is InChI=1S/C11H14Cl2N2O.ClH/c1-15-4-2-3-8(15)7-16-9-5-10(12)11(13)14-6-9;/h5-6,8H,2-4,7H2,1H3;1H/t8-;/m0./s1. The molecule has 1 aliphatic rings. The molecule has 1 fully saturated rings. The summed E-state index contributed by atoms with van der Waals surface area (Å²) < 4.78 is 5.65. The maximum Gasteiger partial charge on any atom is 0.147 e. The summed E-state index contributed by atoms with van der Waals surface area (Å²) in [4.78, 5) is 6.25. The van der Waals surface area contributed by atoms with Crippen molar-refractivity contribution < 1.29 is 4.74 Å². The Balaban J connectivity index is 0.00000144. The first-order valence-electron chi connectivity index (χ1n) is 5.31. The van der Waals surface area contributed by atoms with Crippen LogP contribution in [-0.4, -0.2) is 36.1 Å². The summed E-state index contributed by atoms with van der Waals surface area (Å²) >= 11 is 11.6. The molecule has 2 heterocycles. The lowest BCUT2D eigenvalue weighted by Gasteiger charge is -2.19. The van der Waals surface area contributed by atoms with Crippen LogP contribution < -0.4 is 4.74 Å². The lowest BCUT2D eigenvalue weighted by molar-refractivity contribution is 0.198. The predicted molar refractivity (Wildman–Crippen MR) is 72.7 cm³/mol. The molecule has 0 radical (unpaired) electrons. The molecule has 0 aromatic carbocycles. The van der Waals surface area contributed by atoms with Crippen molar-refractivity contribution in [2.45, 2.75) is 18.9 Å². The van der Waals surface area contributed by atoms with Crippen molar-refractivity contribution in [2.24, 2.45) is 0 Å². The minimum absolute atomic E-state index is 0. The third kappa shape index (κ3) is 3.88. The molecular formula is C11H15Cl3N2O. The quantitative estimate of drug-likeness (QED) is 0.801. The molecule has 96 valence electrons. The SMILES string of the molecule is CN1CCC[C@H]1COc1cnc(Cl)c(Cl)c1.Cl. The first-order valence-corrected chi connectivity index (χ1v) is 6.06. The molecule has 1 aromatic heterocycles. The summed E-state index contributed by atoms with van der Waals surface area (Å²) in [5.74, 6) is 0.676. The van der Waals surface area contributed by atoms with E-state index in [-0.39, 0.29) is 12.4 Å². The average Bonchev–Trinajstić information content (AvgIpc) is 2.66. The summed E-state index contributed by atoms with van der Waals surface area (Å²) in [5, 5.41) is 0.742. The van der Waals surface area contributed by atoms with Crippen molar-refractivity contribution in [1.29, 1.82) is 0 Å². The van der Waals surface area contributed by atoms with Crippen LogP contribution in [0.1, 0.15) is 12.8 Å². The van der Waals surface area contributed by atoms with E-state index >= 15 is 0 Å². The van der Waals surface area contributed by atoms with Crippen LogP contribution in [0.4, 0.5) is 0 Å². The van der Waals surface area contributed by atoms with Gasteiger partial charge in [0.2, 0.25) is 0 Å². The van der Waals surface area contributed by atoms with Crippen molar-refractivity contribution in [3.63, 3.8) is 0 Å². The van der Waals surface area contributed by atoms with Crippen molar-refractivity contribution in [1.82, 2.24) is 9.88 Å². The van der Waals surface area contributed by atoms with Gasteiger partial charge in [-0.1, -0.05) is 23.2 Å². The number of pyridine rings is 1. The number of hydrogen-bond acceptors (Lipinski definition) is 3. The first-order chi connectivity index (χ1) is 7.66. The molecule has 6 heteroatoms. The molecule has 1 aliphatic heterocycles. The Bertz CT molecular complexity index is 376. The number of hydrogen-bond donors (Lipinski definition) is 0. The Labute approximate surface area is 117 Å². The molecule has 0 bridgehead atoms. The fraction of sp³-hybridized carbons (Fsp3) is 0.545.